The van der Waals surface area contributed by atoms with Gasteiger partial charge in [-0.1, -0.05) is 6.07 Å². The van der Waals surface area contributed by atoms with E-state index in [1.165, 1.54) is 19.2 Å². The maximum atomic E-state index is 13.3. The Morgan fingerprint density at radius 1 is 1.47 bits per heavy atom. The molecule has 0 aliphatic rings. The van der Waals surface area contributed by atoms with Crippen molar-refractivity contribution >= 4 is 19.7 Å². The van der Waals surface area contributed by atoms with E-state index in [-0.39, 0.29) is 12.2 Å². The van der Waals surface area contributed by atoms with Crippen LogP contribution >= 0.6 is 10.7 Å². The minimum atomic E-state index is -3.58. The first-order valence-electron chi connectivity index (χ1n) is 4.17. The fourth-order valence-corrected chi connectivity index (χ4v) is 1.78. The van der Waals surface area contributed by atoms with Crippen LogP contribution in [0.3, 0.4) is 0 Å². The van der Waals surface area contributed by atoms with E-state index in [0.29, 0.717) is 11.3 Å². The molecule has 0 spiro atoms. The largest absolute Gasteiger partial charge is 0.497 e. The number of halogens is 2. The molecule has 0 saturated heterocycles. The maximum absolute atomic E-state index is 13.3. The van der Waals surface area contributed by atoms with E-state index < -0.39 is 14.9 Å². The van der Waals surface area contributed by atoms with Crippen LogP contribution in [-0.2, 0) is 15.5 Å². The van der Waals surface area contributed by atoms with E-state index in [4.69, 9.17) is 15.4 Å². The monoisotopic (exact) mass is 252 g/mol. The van der Waals surface area contributed by atoms with Crippen molar-refractivity contribution in [3.8, 4) is 5.75 Å². The molecule has 1 rings (SSSR count). The summed E-state index contributed by atoms with van der Waals surface area (Å²) in [5.74, 6) is -0.378. The zero-order chi connectivity index (χ0) is 11.5. The SMILES string of the molecule is COc1ccc(CCS(=O)(=O)Cl)c(F)c1. The Kier molecular flexibility index (Phi) is 3.93. The molecule has 6 heteroatoms. The standard InChI is InChI=1S/C9H10ClFO3S/c1-14-8-3-2-7(9(11)6-8)4-5-15(10,12)13/h2-3,6H,4-5H2,1H3. The summed E-state index contributed by atoms with van der Waals surface area (Å²) in [7, 11) is 2.87. The van der Waals surface area contributed by atoms with Crippen molar-refractivity contribution in [2.75, 3.05) is 12.9 Å². The summed E-state index contributed by atoms with van der Waals surface area (Å²) in [4.78, 5) is 0. The molecule has 0 aromatic heterocycles. The molecule has 84 valence electrons. The predicted molar refractivity (Wildman–Crippen MR) is 56.3 cm³/mol. The molecule has 0 amide bonds. The topological polar surface area (TPSA) is 43.4 Å². The number of aryl methyl sites for hydroxylation is 1. The van der Waals surface area contributed by atoms with E-state index in [0.717, 1.165) is 0 Å². The molecule has 0 aliphatic heterocycles. The molecule has 0 heterocycles. The average Bonchev–Trinajstić information content (AvgIpc) is 2.14. The molecule has 0 radical (unpaired) electrons. The van der Waals surface area contributed by atoms with Crippen molar-refractivity contribution in [2.45, 2.75) is 6.42 Å². The number of benzene rings is 1. The van der Waals surface area contributed by atoms with Gasteiger partial charge >= 0.3 is 0 Å². The van der Waals surface area contributed by atoms with Crippen molar-refractivity contribution in [1.29, 1.82) is 0 Å². The van der Waals surface area contributed by atoms with Crippen molar-refractivity contribution in [3.63, 3.8) is 0 Å². The number of hydrogen-bond acceptors (Lipinski definition) is 3. The molecule has 0 bridgehead atoms. The van der Waals surface area contributed by atoms with Gasteiger partial charge in [0.15, 0.2) is 0 Å². The third-order valence-corrected chi connectivity index (χ3v) is 3.03. The molecule has 0 aliphatic carbocycles. The summed E-state index contributed by atoms with van der Waals surface area (Å²) in [5, 5.41) is 0. The van der Waals surface area contributed by atoms with Gasteiger partial charge in [0.1, 0.15) is 11.6 Å². The lowest BCUT2D eigenvalue weighted by Gasteiger charge is -2.04. The first-order valence-corrected chi connectivity index (χ1v) is 6.65. The Hall–Kier alpha value is -0.810. The zero-order valence-corrected chi connectivity index (χ0v) is 9.61. The summed E-state index contributed by atoms with van der Waals surface area (Å²) in [5.41, 5.74) is 0.306. The summed E-state index contributed by atoms with van der Waals surface area (Å²) >= 11 is 0. The smallest absolute Gasteiger partial charge is 0.232 e. The van der Waals surface area contributed by atoms with Gasteiger partial charge in [0.05, 0.1) is 12.9 Å². The number of rotatable bonds is 4. The third-order valence-electron chi connectivity index (χ3n) is 1.88. The highest BCUT2D eigenvalue weighted by Gasteiger charge is 2.09. The van der Waals surface area contributed by atoms with Crippen LogP contribution in [-0.4, -0.2) is 21.3 Å². The molecule has 0 unspecified atom stereocenters. The summed E-state index contributed by atoms with van der Waals surface area (Å²) in [6.45, 7) is 0. The van der Waals surface area contributed by atoms with Crippen LogP contribution in [0.5, 0.6) is 5.75 Å². The molecule has 1 aromatic carbocycles. The van der Waals surface area contributed by atoms with Crippen LogP contribution < -0.4 is 4.74 Å². The number of methoxy groups -OCH3 is 1. The van der Waals surface area contributed by atoms with Gasteiger partial charge in [-0.15, -0.1) is 0 Å². The molecule has 0 saturated carbocycles. The average molecular weight is 253 g/mol. The lowest BCUT2D eigenvalue weighted by atomic mass is 10.1. The van der Waals surface area contributed by atoms with Crippen LogP contribution in [0.4, 0.5) is 4.39 Å². The van der Waals surface area contributed by atoms with Crippen molar-refractivity contribution in [1.82, 2.24) is 0 Å². The number of hydrogen-bond donors (Lipinski definition) is 0. The fraction of sp³-hybridized carbons (Fsp3) is 0.333. The van der Waals surface area contributed by atoms with E-state index in [1.807, 2.05) is 0 Å². The normalized spacial score (nSPS) is 11.4. The van der Waals surface area contributed by atoms with Crippen LogP contribution in [0.25, 0.3) is 0 Å². The summed E-state index contributed by atoms with van der Waals surface area (Å²) < 4.78 is 39.4. The van der Waals surface area contributed by atoms with Crippen molar-refractivity contribution in [3.05, 3.63) is 29.6 Å². The summed E-state index contributed by atoms with van der Waals surface area (Å²) in [6, 6.07) is 4.26. The van der Waals surface area contributed by atoms with Crippen molar-refractivity contribution in [2.24, 2.45) is 0 Å². The Morgan fingerprint density at radius 2 is 2.13 bits per heavy atom. The molecule has 3 nitrogen and oxygen atoms in total. The van der Waals surface area contributed by atoms with Gasteiger partial charge in [-0.05, 0) is 18.1 Å². The maximum Gasteiger partial charge on any atom is 0.232 e. The van der Waals surface area contributed by atoms with Crippen LogP contribution in [0.2, 0.25) is 0 Å². The van der Waals surface area contributed by atoms with Gasteiger partial charge in [0.25, 0.3) is 0 Å². The van der Waals surface area contributed by atoms with E-state index in [9.17, 15) is 12.8 Å². The lowest BCUT2D eigenvalue weighted by molar-refractivity contribution is 0.411. The number of ether oxygens (including phenoxy) is 1. The Morgan fingerprint density at radius 3 is 2.60 bits per heavy atom. The van der Waals surface area contributed by atoms with Gasteiger partial charge in [-0.3, -0.25) is 0 Å². The van der Waals surface area contributed by atoms with Gasteiger partial charge in [-0.25, -0.2) is 12.8 Å². The highest BCUT2D eigenvalue weighted by molar-refractivity contribution is 8.13. The highest BCUT2D eigenvalue weighted by atomic mass is 35.7. The van der Waals surface area contributed by atoms with Crippen LogP contribution in [0.15, 0.2) is 18.2 Å². The van der Waals surface area contributed by atoms with Crippen molar-refractivity contribution < 1.29 is 17.5 Å². The zero-order valence-electron chi connectivity index (χ0n) is 8.04. The molecular weight excluding hydrogens is 243 g/mol. The Balaban J connectivity index is 2.79. The quantitative estimate of drug-likeness (QED) is 0.770. The van der Waals surface area contributed by atoms with Gasteiger partial charge < -0.3 is 4.74 Å². The first kappa shape index (κ1) is 12.3. The third kappa shape index (κ3) is 4.05. The van der Waals surface area contributed by atoms with Gasteiger partial charge in [0.2, 0.25) is 9.05 Å². The predicted octanol–water partition coefficient (Wildman–Crippen LogP) is 1.95. The van der Waals surface area contributed by atoms with Gasteiger partial charge in [-0.2, -0.15) is 0 Å². The Labute approximate surface area is 92.2 Å². The lowest BCUT2D eigenvalue weighted by Crippen LogP contribution is -2.03. The minimum Gasteiger partial charge on any atom is -0.497 e. The van der Waals surface area contributed by atoms with Crippen LogP contribution in [0.1, 0.15) is 5.56 Å². The second-order valence-corrected chi connectivity index (χ2v) is 5.85. The fourth-order valence-electron chi connectivity index (χ4n) is 1.09. The summed E-state index contributed by atoms with van der Waals surface area (Å²) in [6.07, 6.45) is 0.0572. The molecule has 0 fully saturated rings. The molecule has 0 atom stereocenters. The molecule has 15 heavy (non-hydrogen) atoms. The van der Waals surface area contributed by atoms with E-state index >= 15 is 0 Å². The van der Waals surface area contributed by atoms with Gasteiger partial charge in [0, 0.05) is 16.7 Å². The second-order valence-electron chi connectivity index (χ2n) is 2.95. The van der Waals surface area contributed by atoms with E-state index in [1.54, 1.807) is 6.07 Å². The molecular formula is C9H10ClFO3S. The first-order chi connectivity index (χ1) is 6.92. The van der Waals surface area contributed by atoms with Crippen LogP contribution in [0, 0.1) is 5.82 Å². The second kappa shape index (κ2) is 4.81. The highest BCUT2D eigenvalue weighted by Crippen LogP contribution is 2.17. The molecule has 0 N–H and O–H groups in total. The van der Waals surface area contributed by atoms with E-state index in [2.05, 4.69) is 0 Å². The minimum absolute atomic E-state index is 0.0572. The molecule has 1 aromatic rings. The Bertz CT molecular complexity index is 445.